The average Bonchev–Trinajstić information content (AvgIpc) is 3.11. The summed E-state index contributed by atoms with van der Waals surface area (Å²) in [7, 11) is 1.55. The lowest BCUT2D eigenvalue weighted by Gasteiger charge is -2.24. The maximum absolute atomic E-state index is 13.1. The molecule has 1 fully saturated rings. The van der Waals surface area contributed by atoms with Gasteiger partial charge in [0.25, 0.3) is 0 Å². The Kier molecular flexibility index (Phi) is 7.83. The van der Waals surface area contributed by atoms with Gasteiger partial charge in [-0.25, -0.2) is 4.79 Å². The van der Waals surface area contributed by atoms with Crippen molar-refractivity contribution in [2.75, 3.05) is 25.6 Å². The van der Waals surface area contributed by atoms with Crippen molar-refractivity contribution in [2.45, 2.75) is 39.0 Å². The number of methoxy groups -OCH3 is 1. The SMILES string of the molecule is CCC(=O)Nc1cccc(C2OC(=O)N(Cc3ccc(C)cc3)C2C(=O)NCCOC)c1. The summed E-state index contributed by atoms with van der Waals surface area (Å²) in [6, 6.07) is 13.9. The summed E-state index contributed by atoms with van der Waals surface area (Å²) >= 11 is 0. The van der Waals surface area contributed by atoms with E-state index in [0.29, 0.717) is 30.8 Å². The Labute approximate surface area is 187 Å². The Hall–Kier alpha value is -3.39. The summed E-state index contributed by atoms with van der Waals surface area (Å²) in [5, 5.41) is 5.62. The average molecular weight is 440 g/mol. The fourth-order valence-electron chi connectivity index (χ4n) is 3.52. The molecule has 0 radical (unpaired) electrons. The highest BCUT2D eigenvalue weighted by Gasteiger charge is 2.47. The molecule has 32 heavy (non-hydrogen) atoms. The van der Waals surface area contributed by atoms with Crippen LogP contribution in [0.1, 0.15) is 36.1 Å². The molecule has 2 aromatic carbocycles. The third-order valence-electron chi connectivity index (χ3n) is 5.25. The van der Waals surface area contributed by atoms with E-state index in [4.69, 9.17) is 9.47 Å². The number of nitrogens with one attached hydrogen (secondary N) is 2. The fraction of sp³-hybridized carbons (Fsp3) is 0.375. The number of hydrogen-bond donors (Lipinski definition) is 2. The molecule has 0 saturated carbocycles. The molecule has 1 aliphatic rings. The zero-order valence-electron chi connectivity index (χ0n) is 18.6. The largest absolute Gasteiger partial charge is 0.438 e. The quantitative estimate of drug-likeness (QED) is 0.585. The first kappa shape index (κ1) is 23.3. The molecule has 2 N–H and O–H groups in total. The van der Waals surface area contributed by atoms with Crippen LogP contribution in [0.3, 0.4) is 0 Å². The van der Waals surface area contributed by atoms with Crippen molar-refractivity contribution < 1.29 is 23.9 Å². The van der Waals surface area contributed by atoms with Crippen molar-refractivity contribution in [3.05, 3.63) is 65.2 Å². The van der Waals surface area contributed by atoms with Gasteiger partial charge < -0.3 is 20.1 Å². The number of cyclic esters (lactones) is 1. The van der Waals surface area contributed by atoms with E-state index in [1.54, 1.807) is 38.3 Å². The third-order valence-corrected chi connectivity index (χ3v) is 5.25. The number of hydrogen-bond acceptors (Lipinski definition) is 5. The first-order chi connectivity index (χ1) is 15.4. The number of carbonyl (C=O) groups excluding carboxylic acids is 3. The topological polar surface area (TPSA) is 97.0 Å². The van der Waals surface area contributed by atoms with Crippen LogP contribution in [-0.2, 0) is 25.6 Å². The zero-order chi connectivity index (χ0) is 23.1. The molecule has 0 aromatic heterocycles. The van der Waals surface area contributed by atoms with E-state index in [2.05, 4.69) is 10.6 Å². The van der Waals surface area contributed by atoms with E-state index >= 15 is 0 Å². The van der Waals surface area contributed by atoms with Gasteiger partial charge in [0.05, 0.1) is 13.2 Å². The van der Waals surface area contributed by atoms with Gasteiger partial charge in [-0.3, -0.25) is 14.5 Å². The monoisotopic (exact) mass is 439 g/mol. The Morgan fingerprint density at radius 1 is 1.16 bits per heavy atom. The molecule has 8 heteroatoms. The van der Waals surface area contributed by atoms with Crippen LogP contribution in [0.5, 0.6) is 0 Å². The van der Waals surface area contributed by atoms with Crippen molar-refractivity contribution in [3.8, 4) is 0 Å². The minimum atomic E-state index is -0.863. The van der Waals surface area contributed by atoms with Gasteiger partial charge in [0, 0.05) is 25.8 Å². The lowest BCUT2D eigenvalue weighted by atomic mass is 10.00. The Bertz CT molecular complexity index is 960. The molecule has 2 unspecified atom stereocenters. The van der Waals surface area contributed by atoms with Gasteiger partial charge >= 0.3 is 6.09 Å². The standard InChI is InChI=1S/C24H29N3O5/c1-4-20(28)26-19-7-5-6-18(14-19)22-21(23(29)25-12-13-31-3)27(24(30)32-22)15-17-10-8-16(2)9-11-17/h5-11,14,21-22H,4,12-13,15H2,1-3H3,(H,25,29)(H,26,28). The summed E-state index contributed by atoms with van der Waals surface area (Å²) < 4.78 is 10.7. The van der Waals surface area contributed by atoms with Crippen molar-refractivity contribution in [1.29, 1.82) is 0 Å². The van der Waals surface area contributed by atoms with Gasteiger partial charge in [0.1, 0.15) is 0 Å². The minimum Gasteiger partial charge on any atom is -0.438 e. The minimum absolute atomic E-state index is 0.125. The van der Waals surface area contributed by atoms with Crippen molar-refractivity contribution >= 4 is 23.6 Å². The molecular formula is C24H29N3O5. The summed E-state index contributed by atoms with van der Waals surface area (Å²) in [4.78, 5) is 39.1. The molecule has 0 aliphatic carbocycles. The second kappa shape index (κ2) is 10.8. The number of aryl methyl sites for hydroxylation is 1. The van der Waals surface area contributed by atoms with Crippen LogP contribution in [0.25, 0.3) is 0 Å². The maximum Gasteiger partial charge on any atom is 0.411 e. The number of amides is 3. The predicted octanol–water partition coefficient (Wildman–Crippen LogP) is 3.17. The number of carbonyl (C=O) groups is 3. The van der Waals surface area contributed by atoms with Crippen LogP contribution < -0.4 is 10.6 Å². The summed E-state index contributed by atoms with van der Waals surface area (Å²) in [6.45, 7) is 4.66. The van der Waals surface area contributed by atoms with Crippen molar-refractivity contribution in [1.82, 2.24) is 10.2 Å². The van der Waals surface area contributed by atoms with Crippen LogP contribution in [0, 0.1) is 6.92 Å². The van der Waals surface area contributed by atoms with Gasteiger partial charge in [0.15, 0.2) is 12.1 Å². The van der Waals surface area contributed by atoms with Crippen LogP contribution in [-0.4, -0.2) is 49.1 Å². The van der Waals surface area contributed by atoms with E-state index in [0.717, 1.165) is 11.1 Å². The highest BCUT2D eigenvalue weighted by atomic mass is 16.6. The van der Waals surface area contributed by atoms with E-state index in [1.807, 2.05) is 31.2 Å². The molecule has 0 bridgehead atoms. The second-order valence-corrected chi connectivity index (χ2v) is 7.67. The first-order valence-corrected chi connectivity index (χ1v) is 10.6. The zero-order valence-corrected chi connectivity index (χ0v) is 18.6. The predicted molar refractivity (Wildman–Crippen MR) is 120 cm³/mol. The van der Waals surface area contributed by atoms with Crippen molar-refractivity contribution in [3.63, 3.8) is 0 Å². The molecule has 170 valence electrons. The molecular weight excluding hydrogens is 410 g/mol. The third kappa shape index (κ3) is 5.64. The normalized spacial score (nSPS) is 17.7. The molecule has 8 nitrogen and oxygen atoms in total. The van der Waals surface area contributed by atoms with Crippen LogP contribution in [0.15, 0.2) is 48.5 Å². The lowest BCUT2D eigenvalue weighted by Crippen LogP contribution is -2.47. The van der Waals surface area contributed by atoms with E-state index in [-0.39, 0.29) is 18.4 Å². The van der Waals surface area contributed by atoms with Crippen molar-refractivity contribution in [2.24, 2.45) is 0 Å². The summed E-state index contributed by atoms with van der Waals surface area (Å²) in [5.41, 5.74) is 3.22. The molecule has 1 aliphatic heterocycles. The smallest absolute Gasteiger partial charge is 0.411 e. The maximum atomic E-state index is 13.1. The number of benzene rings is 2. The van der Waals surface area contributed by atoms with Crippen LogP contribution in [0.2, 0.25) is 0 Å². The number of ether oxygens (including phenoxy) is 2. The lowest BCUT2D eigenvalue weighted by molar-refractivity contribution is -0.126. The summed E-state index contributed by atoms with van der Waals surface area (Å²) in [5.74, 6) is -0.451. The van der Waals surface area contributed by atoms with Gasteiger partial charge in [0.2, 0.25) is 11.8 Å². The van der Waals surface area contributed by atoms with Crippen LogP contribution >= 0.6 is 0 Å². The number of rotatable bonds is 9. The van der Waals surface area contributed by atoms with Crippen LogP contribution in [0.4, 0.5) is 10.5 Å². The molecule has 1 heterocycles. The van der Waals surface area contributed by atoms with E-state index in [1.165, 1.54) is 4.90 Å². The van der Waals surface area contributed by atoms with Gasteiger partial charge in [-0.05, 0) is 30.2 Å². The molecule has 3 rings (SSSR count). The fourth-order valence-corrected chi connectivity index (χ4v) is 3.52. The van der Waals surface area contributed by atoms with E-state index in [9.17, 15) is 14.4 Å². The van der Waals surface area contributed by atoms with Gasteiger partial charge in [-0.15, -0.1) is 0 Å². The molecule has 1 saturated heterocycles. The highest BCUT2D eigenvalue weighted by Crippen LogP contribution is 2.35. The highest BCUT2D eigenvalue weighted by molar-refractivity contribution is 5.91. The number of anilines is 1. The number of nitrogens with zero attached hydrogens (tertiary/aromatic N) is 1. The Morgan fingerprint density at radius 2 is 1.91 bits per heavy atom. The summed E-state index contributed by atoms with van der Waals surface area (Å²) in [6.07, 6.45) is -1.03. The molecule has 3 amide bonds. The Morgan fingerprint density at radius 3 is 2.59 bits per heavy atom. The Balaban J connectivity index is 1.89. The molecule has 0 spiro atoms. The second-order valence-electron chi connectivity index (χ2n) is 7.67. The first-order valence-electron chi connectivity index (χ1n) is 10.6. The van der Waals surface area contributed by atoms with E-state index < -0.39 is 18.2 Å². The molecule has 2 aromatic rings. The van der Waals surface area contributed by atoms with Gasteiger partial charge in [-0.1, -0.05) is 48.9 Å². The van der Waals surface area contributed by atoms with Gasteiger partial charge in [-0.2, -0.15) is 0 Å². The molecule has 2 atom stereocenters.